The third-order valence-corrected chi connectivity index (χ3v) is 5.35. The zero-order valence-corrected chi connectivity index (χ0v) is 14.0. The molecule has 1 N–H and O–H groups in total. The number of hydrogen-bond donors (Lipinski definition) is 1. The topological polar surface area (TPSA) is 71.0 Å². The van der Waals surface area contributed by atoms with E-state index in [1.54, 1.807) is 35.6 Å². The van der Waals surface area contributed by atoms with Crippen LogP contribution in [-0.2, 0) is 13.0 Å². The molecule has 2 aromatic heterocycles. The van der Waals surface area contributed by atoms with Crippen LogP contribution in [0.4, 0.5) is 5.13 Å². The van der Waals surface area contributed by atoms with Gasteiger partial charge in [-0.25, -0.2) is 9.78 Å². The van der Waals surface area contributed by atoms with Gasteiger partial charge in [0.2, 0.25) is 0 Å². The third kappa shape index (κ3) is 2.75. The number of H-pyrrole nitrogens is 1. The third-order valence-electron chi connectivity index (χ3n) is 4.40. The van der Waals surface area contributed by atoms with Crippen LogP contribution in [0.5, 0.6) is 0 Å². The number of aromatic amines is 1. The monoisotopic (exact) mass is 342 g/mol. The van der Waals surface area contributed by atoms with E-state index >= 15 is 0 Å². The van der Waals surface area contributed by atoms with Gasteiger partial charge in [0.1, 0.15) is 0 Å². The van der Waals surface area contributed by atoms with E-state index in [9.17, 15) is 9.59 Å². The lowest BCUT2D eigenvalue weighted by atomic mass is 10.2. The van der Waals surface area contributed by atoms with Gasteiger partial charge in [0.25, 0.3) is 5.56 Å². The van der Waals surface area contributed by atoms with Crippen LogP contribution in [-0.4, -0.2) is 27.6 Å². The second-order valence-electron chi connectivity index (χ2n) is 6.00. The zero-order valence-electron chi connectivity index (χ0n) is 13.2. The van der Waals surface area contributed by atoms with Crippen molar-refractivity contribution in [2.24, 2.45) is 0 Å². The van der Waals surface area contributed by atoms with E-state index in [0.717, 1.165) is 23.9 Å². The molecule has 3 aromatic rings. The highest BCUT2D eigenvalue weighted by Crippen LogP contribution is 2.24. The number of para-hydroxylation sites is 1. The predicted octanol–water partition coefficient (Wildman–Crippen LogP) is 1.99. The Hall–Kier alpha value is -2.41. The average Bonchev–Trinajstić information content (AvgIpc) is 3.26. The first-order valence-corrected chi connectivity index (χ1v) is 9.01. The second-order valence-corrected chi connectivity index (χ2v) is 6.83. The normalized spacial score (nSPS) is 14.6. The Balaban J connectivity index is 1.57. The summed E-state index contributed by atoms with van der Waals surface area (Å²) in [5, 5.41) is 3.60. The molecule has 1 aliphatic heterocycles. The molecule has 0 unspecified atom stereocenters. The number of nitrogens with zero attached hydrogens (tertiary/aromatic N) is 3. The van der Waals surface area contributed by atoms with Gasteiger partial charge in [-0.15, -0.1) is 11.3 Å². The van der Waals surface area contributed by atoms with E-state index in [4.69, 9.17) is 0 Å². The molecule has 0 amide bonds. The summed E-state index contributed by atoms with van der Waals surface area (Å²) in [6, 6.07) is 7.08. The molecule has 6 nitrogen and oxygen atoms in total. The Morgan fingerprint density at radius 1 is 1.17 bits per heavy atom. The Morgan fingerprint density at radius 2 is 1.96 bits per heavy atom. The number of benzene rings is 1. The van der Waals surface area contributed by atoms with Gasteiger partial charge >= 0.3 is 5.69 Å². The van der Waals surface area contributed by atoms with Crippen LogP contribution in [0.3, 0.4) is 0 Å². The van der Waals surface area contributed by atoms with Gasteiger partial charge in [-0.3, -0.25) is 9.36 Å². The van der Waals surface area contributed by atoms with Crippen LogP contribution in [0.25, 0.3) is 10.9 Å². The number of anilines is 1. The summed E-state index contributed by atoms with van der Waals surface area (Å²) in [5.74, 6) is 0. The Morgan fingerprint density at radius 3 is 2.79 bits per heavy atom. The number of rotatable bonds is 4. The molecule has 0 bridgehead atoms. The molecule has 7 heteroatoms. The summed E-state index contributed by atoms with van der Waals surface area (Å²) in [4.78, 5) is 34.4. The Labute approximate surface area is 142 Å². The molecule has 24 heavy (non-hydrogen) atoms. The molecule has 0 aliphatic carbocycles. The van der Waals surface area contributed by atoms with Crippen LogP contribution in [0.2, 0.25) is 0 Å². The minimum absolute atomic E-state index is 0.246. The minimum atomic E-state index is -0.367. The molecule has 0 saturated carbocycles. The van der Waals surface area contributed by atoms with E-state index in [-0.39, 0.29) is 11.2 Å². The highest BCUT2D eigenvalue weighted by atomic mass is 32.1. The average molecular weight is 342 g/mol. The van der Waals surface area contributed by atoms with Gasteiger partial charge in [-0.1, -0.05) is 12.1 Å². The van der Waals surface area contributed by atoms with Crippen molar-refractivity contribution in [2.75, 3.05) is 18.0 Å². The summed E-state index contributed by atoms with van der Waals surface area (Å²) in [7, 11) is 0. The standard InChI is InChI=1S/C17H18N4O2S/c22-15-13-5-1-2-6-14(13)19-16(23)21(15)10-7-12-11-24-17(18-12)20-8-3-4-9-20/h1-2,5-6,11H,3-4,7-10H2,(H,19,23). The number of thiazole rings is 1. The fraction of sp³-hybridized carbons (Fsp3) is 0.353. The van der Waals surface area contributed by atoms with Gasteiger partial charge < -0.3 is 9.88 Å². The van der Waals surface area contributed by atoms with Gasteiger partial charge in [0, 0.05) is 31.4 Å². The number of aryl methyl sites for hydroxylation is 1. The molecule has 1 aliphatic rings. The fourth-order valence-corrected chi connectivity index (χ4v) is 4.01. The van der Waals surface area contributed by atoms with Crippen LogP contribution < -0.4 is 16.1 Å². The van der Waals surface area contributed by atoms with Crippen molar-refractivity contribution in [1.82, 2.24) is 14.5 Å². The molecular weight excluding hydrogens is 324 g/mol. The lowest BCUT2D eigenvalue weighted by molar-refractivity contribution is 0.630. The lowest BCUT2D eigenvalue weighted by Crippen LogP contribution is -2.35. The smallest absolute Gasteiger partial charge is 0.328 e. The zero-order chi connectivity index (χ0) is 16.5. The summed E-state index contributed by atoms with van der Waals surface area (Å²) >= 11 is 1.63. The van der Waals surface area contributed by atoms with Crippen molar-refractivity contribution in [2.45, 2.75) is 25.8 Å². The van der Waals surface area contributed by atoms with Crippen LogP contribution in [0.15, 0.2) is 39.2 Å². The number of aromatic nitrogens is 3. The van der Waals surface area contributed by atoms with Crippen molar-refractivity contribution in [3.8, 4) is 0 Å². The molecule has 4 rings (SSSR count). The van der Waals surface area contributed by atoms with Crippen molar-refractivity contribution >= 4 is 27.4 Å². The number of hydrogen-bond acceptors (Lipinski definition) is 5. The van der Waals surface area contributed by atoms with E-state index in [0.29, 0.717) is 23.9 Å². The molecule has 0 radical (unpaired) electrons. The molecule has 0 spiro atoms. The van der Waals surface area contributed by atoms with Crippen molar-refractivity contribution in [3.63, 3.8) is 0 Å². The van der Waals surface area contributed by atoms with Crippen LogP contribution in [0.1, 0.15) is 18.5 Å². The SMILES string of the molecule is O=c1[nH]c2ccccc2c(=O)n1CCc1csc(N2CCCC2)n1. The maximum atomic E-state index is 12.5. The van der Waals surface area contributed by atoms with Gasteiger partial charge in [0.05, 0.1) is 16.6 Å². The minimum Gasteiger partial charge on any atom is -0.348 e. The molecule has 3 heterocycles. The Bertz CT molecular complexity index is 982. The van der Waals surface area contributed by atoms with Crippen LogP contribution >= 0.6 is 11.3 Å². The van der Waals surface area contributed by atoms with Crippen molar-refractivity contribution < 1.29 is 0 Å². The number of fused-ring (bicyclic) bond motifs is 1. The molecule has 0 atom stereocenters. The predicted molar refractivity (Wildman–Crippen MR) is 96.1 cm³/mol. The van der Waals surface area contributed by atoms with E-state index < -0.39 is 0 Å². The molecule has 1 fully saturated rings. The largest absolute Gasteiger partial charge is 0.348 e. The molecule has 124 valence electrons. The summed E-state index contributed by atoms with van der Waals surface area (Å²) in [5.41, 5.74) is 0.896. The first-order chi connectivity index (χ1) is 11.7. The molecular formula is C17H18N4O2S. The first-order valence-electron chi connectivity index (χ1n) is 8.13. The maximum absolute atomic E-state index is 12.5. The summed E-state index contributed by atoms with van der Waals surface area (Å²) < 4.78 is 1.26. The van der Waals surface area contributed by atoms with E-state index in [1.165, 1.54) is 17.4 Å². The molecule has 1 aromatic carbocycles. The van der Waals surface area contributed by atoms with Gasteiger partial charge in [-0.05, 0) is 25.0 Å². The van der Waals surface area contributed by atoms with E-state index in [1.807, 2.05) is 5.38 Å². The highest BCUT2D eigenvalue weighted by molar-refractivity contribution is 7.13. The van der Waals surface area contributed by atoms with Crippen molar-refractivity contribution in [3.05, 3.63) is 56.2 Å². The van der Waals surface area contributed by atoms with E-state index in [2.05, 4.69) is 14.9 Å². The highest BCUT2D eigenvalue weighted by Gasteiger charge is 2.16. The van der Waals surface area contributed by atoms with Crippen LogP contribution in [0, 0.1) is 0 Å². The second kappa shape index (κ2) is 6.24. The maximum Gasteiger partial charge on any atom is 0.328 e. The first kappa shape index (κ1) is 15.1. The lowest BCUT2D eigenvalue weighted by Gasteiger charge is -2.12. The summed E-state index contributed by atoms with van der Waals surface area (Å²) in [6.07, 6.45) is 3.01. The quantitative estimate of drug-likeness (QED) is 0.787. The van der Waals surface area contributed by atoms with Crippen molar-refractivity contribution in [1.29, 1.82) is 0 Å². The molecule has 1 saturated heterocycles. The fourth-order valence-electron chi connectivity index (χ4n) is 3.09. The van der Waals surface area contributed by atoms with Gasteiger partial charge in [-0.2, -0.15) is 0 Å². The van der Waals surface area contributed by atoms with Gasteiger partial charge in [0.15, 0.2) is 5.13 Å². The summed E-state index contributed by atoms with van der Waals surface area (Å²) in [6.45, 7) is 2.47. The number of nitrogens with one attached hydrogen (secondary N) is 1. The Kier molecular flexibility index (Phi) is 3.93.